The lowest BCUT2D eigenvalue weighted by atomic mass is 9.91. The Morgan fingerprint density at radius 2 is 1.93 bits per heavy atom. The zero-order valence-electron chi connectivity index (χ0n) is 18.7. The van der Waals surface area contributed by atoms with Crippen LogP contribution in [0.5, 0.6) is 0 Å². The lowest BCUT2D eigenvalue weighted by Crippen LogP contribution is -2.40. The molecule has 5 heteroatoms. The number of unbranched alkanes of at least 4 members (excludes halogenated alkanes) is 3. The summed E-state index contributed by atoms with van der Waals surface area (Å²) < 4.78 is 6.09. The first-order valence-electron chi connectivity index (χ1n) is 11.2. The Morgan fingerprint density at radius 1 is 1.20 bits per heavy atom. The van der Waals surface area contributed by atoms with Crippen molar-refractivity contribution in [1.29, 1.82) is 5.26 Å². The summed E-state index contributed by atoms with van der Waals surface area (Å²) in [5.41, 5.74) is 1.11. The molecule has 1 aromatic rings. The summed E-state index contributed by atoms with van der Waals surface area (Å²) in [5, 5.41) is 9.04. The van der Waals surface area contributed by atoms with Crippen LogP contribution in [0, 0.1) is 11.3 Å². The van der Waals surface area contributed by atoms with Crippen LogP contribution in [0.15, 0.2) is 36.9 Å². The molecule has 30 heavy (non-hydrogen) atoms. The highest BCUT2D eigenvalue weighted by atomic mass is 16.5. The number of ether oxygens (including phenoxy) is 1. The molecule has 0 atom stereocenters. The van der Waals surface area contributed by atoms with Crippen molar-refractivity contribution in [3.05, 3.63) is 48.0 Å². The Bertz CT molecular complexity index is 705. The van der Waals surface area contributed by atoms with Gasteiger partial charge < -0.3 is 14.5 Å². The number of likely N-dealkylation sites (N-methyl/N-ethyl adjacent to an activating group) is 1. The summed E-state index contributed by atoms with van der Waals surface area (Å²) in [6.45, 7) is 6.70. The molecule has 1 fully saturated rings. The molecular weight excluding hydrogens is 374 g/mol. The van der Waals surface area contributed by atoms with E-state index in [2.05, 4.69) is 24.6 Å². The third kappa shape index (κ3) is 7.93. The van der Waals surface area contributed by atoms with E-state index in [4.69, 9.17) is 10.00 Å². The second-order valence-corrected chi connectivity index (χ2v) is 8.38. The van der Waals surface area contributed by atoms with E-state index in [0.717, 1.165) is 51.8 Å². The van der Waals surface area contributed by atoms with Crippen molar-refractivity contribution in [2.45, 2.75) is 63.5 Å². The maximum atomic E-state index is 12.7. The first kappa shape index (κ1) is 24.1. The lowest BCUT2D eigenvalue weighted by Gasteiger charge is -2.34. The number of amides is 1. The van der Waals surface area contributed by atoms with Crippen LogP contribution in [0.1, 0.15) is 67.3 Å². The van der Waals surface area contributed by atoms with Gasteiger partial charge in [-0.15, -0.1) is 6.58 Å². The number of nitrogens with zero attached hydrogens (tertiary/aromatic N) is 3. The molecule has 1 aliphatic carbocycles. The molecular formula is C25H37N3O2. The number of rotatable bonds is 12. The largest absolute Gasteiger partial charge is 0.378 e. The Labute approximate surface area is 182 Å². The molecule has 0 radical (unpaired) electrons. The normalized spacial score (nSPS) is 18.7. The highest BCUT2D eigenvalue weighted by Gasteiger charge is 2.27. The van der Waals surface area contributed by atoms with E-state index in [-0.39, 0.29) is 11.9 Å². The molecule has 0 spiro atoms. The van der Waals surface area contributed by atoms with Gasteiger partial charge in [0.2, 0.25) is 0 Å². The number of benzene rings is 1. The van der Waals surface area contributed by atoms with Gasteiger partial charge in [0.25, 0.3) is 5.91 Å². The number of carbonyl (C=O) groups is 1. The quantitative estimate of drug-likeness (QED) is 0.371. The Hall–Kier alpha value is -2.16. The monoisotopic (exact) mass is 411 g/mol. The van der Waals surface area contributed by atoms with E-state index in [1.807, 2.05) is 18.0 Å². The molecule has 0 N–H and O–H groups in total. The molecule has 1 saturated carbocycles. The second kappa shape index (κ2) is 13.2. The molecule has 164 valence electrons. The summed E-state index contributed by atoms with van der Waals surface area (Å²) in [6, 6.07) is 9.29. The third-order valence-corrected chi connectivity index (χ3v) is 5.98. The topological polar surface area (TPSA) is 56.6 Å². The summed E-state index contributed by atoms with van der Waals surface area (Å²) in [5.74, 6) is -0.00444. The standard InChI is InChI=1S/C25H37N3O2/c1-4-16-27(2)17-7-5-6-8-18-30-24-14-12-23(13-15-24)28(3)25(29)22-11-9-10-21(19-22)20-26/h4,9-11,19,23-24H,1,5-8,12-18H2,2-3H3. The van der Waals surface area contributed by atoms with E-state index in [0.29, 0.717) is 17.2 Å². The summed E-state index contributed by atoms with van der Waals surface area (Å²) >= 11 is 0. The fourth-order valence-corrected chi connectivity index (χ4v) is 4.09. The van der Waals surface area contributed by atoms with Gasteiger partial charge in [0.1, 0.15) is 0 Å². The summed E-state index contributed by atoms with van der Waals surface area (Å²) in [7, 11) is 4.01. The average molecular weight is 412 g/mol. The van der Waals surface area contributed by atoms with Crippen LogP contribution >= 0.6 is 0 Å². The van der Waals surface area contributed by atoms with Gasteiger partial charge in [0.15, 0.2) is 0 Å². The van der Waals surface area contributed by atoms with Gasteiger partial charge >= 0.3 is 0 Å². The predicted molar refractivity (Wildman–Crippen MR) is 121 cm³/mol. The van der Waals surface area contributed by atoms with Crippen molar-refractivity contribution in [2.75, 3.05) is 33.8 Å². The summed E-state index contributed by atoms with van der Waals surface area (Å²) in [4.78, 5) is 16.9. The van der Waals surface area contributed by atoms with Crippen LogP contribution in [0.2, 0.25) is 0 Å². The lowest BCUT2D eigenvalue weighted by molar-refractivity contribution is 0.00908. The van der Waals surface area contributed by atoms with Crippen molar-refractivity contribution in [1.82, 2.24) is 9.80 Å². The van der Waals surface area contributed by atoms with Gasteiger partial charge in [-0.1, -0.05) is 25.0 Å². The molecule has 2 rings (SSSR count). The fourth-order valence-electron chi connectivity index (χ4n) is 4.09. The highest BCUT2D eigenvalue weighted by molar-refractivity contribution is 5.94. The van der Waals surface area contributed by atoms with Gasteiger partial charge in [0.05, 0.1) is 17.7 Å². The van der Waals surface area contributed by atoms with E-state index < -0.39 is 0 Å². The summed E-state index contributed by atoms with van der Waals surface area (Å²) in [6.07, 6.45) is 11.0. The second-order valence-electron chi connectivity index (χ2n) is 8.38. The number of nitriles is 1. The molecule has 0 bridgehead atoms. The van der Waals surface area contributed by atoms with Crippen LogP contribution in [0.4, 0.5) is 0 Å². The van der Waals surface area contributed by atoms with Gasteiger partial charge in [-0.3, -0.25) is 4.79 Å². The Morgan fingerprint density at radius 3 is 2.63 bits per heavy atom. The third-order valence-electron chi connectivity index (χ3n) is 5.98. The zero-order valence-corrected chi connectivity index (χ0v) is 18.7. The maximum Gasteiger partial charge on any atom is 0.253 e. The SMILES string of the molecule is C=CCN(C)CCCCCCOC1CCC(N(C)C(=O)c2cccc(C#N)c2)CC1. The van der Waals surface area contributed by atoms with Crippen LogP contribution in [-0.2, 0) is 4.74 Å². The molecule has 1 aromatic carbocycles. The number of carbonyl (C=O) groups excluding carboxylic acids is 1. The van der Waals surface area contributed by atoms with Gasteiger partial charge in [0, 0.05) is 31.8 Å². The fraction of sp³-hybridized carbons (Fsp3) is 0.600. The predicted octanol–water partition coefficient (Wildman–Crippen LogP) is 4.64. The van der Waals surface area contributed by atoms with E-state index in [1.54, 1.807) is 24.3 Å². The maximum absolute atomic E-state index is 12.7. The van der Waals surface area contributed by atoms with Crippen molar-refractivity contribution < 1.29 is 9.53 Å². The van der Waals surface area contributed by atoms with Gasteiger partial charge in [-0.05, 0) is 70.3 Å². The van der Waals surface area contributed by atoms with E-state index >= 15 is 0 Å². The molecule has 1 amide bonds. The highest BCUT2D eigenvalue weighted by Crippen LogP contribution is 2.26. The van der Waals surface area contributed by atoms with Crippen molar-refractivity contribution in [3.63, 3.8) is 0 Å². The van der Waals surface area contributed by atoms with Crippen molar-refractivity contribution >= 4 is 5.91 Å². The van der Waals surface area contributed by atoms with Crippen molar-refractivity contribution in [3.8, 4) is 6.07 Å². The molecule has 5 nitrogen and oxygen atoms in total. The van der Waals surface area contributed by atoms with E-state index in [9.17, 15) is 4.79 Å². The van der Waals surface area contributed by atoms with Crippen LogP contribution in [-0.4, -0.2) is 61.6 Å². The minimum atomic E-state index is -0.00444. The smallest absolute Gasteiger partial charge is 0.253 e. The van der Waals surface area contributed by atoms with E-state index in [1.165, 1.54) is 19.3 Å². The molecule has 0 heterocycles. The average Bonchev–Trinajstić information content (AvgIpc) is 2.78. The Balaban J connectivity index is 1.61. The molecule has 1 aliphatic rings. The van der Waals surface area contributed by atoms with Gasteiger partial charge in [-0.25, -0.2) is 0 Å². The van der Waals surface area contributed by atoms with Crippen molar-refractivity contribution in [2.24, 2.45) is 0 Å². The van der Waals surface area contributed by atoms with Gasteiger partial charge in [-0.2, -0.15) is 5.26 Å². The van der Waals surface area contributed by atoms with Crippen LogP contribution in [0.3, 0.4) is 0 Å². The molecule has 0 unspecified atom stereocenters. The minimum Gasteiger partial charge on any atom is -0.378 e. The van der Waals surface area contributed by atoms with Crippen LogP contribution in [0.25, 0.3) is 0 Å². The molecule has 0 aliphatic heterocycles. The Kier molecular flexibility index (Phi) is 10.6. The molecule has 0 aromatic heterocycles. The minimum absolute atomic E-state index is 0.00444. The number of hydrogen-bond acceptors (Lipinski definition) is 4. The first-order chi connectivity index (χ1) is 14.5. The zero-order chi connectivity index (χ0) is 21.8. The molecule has 0 saturated heterocycles. The number of hydrogen-bond donors (Lipinski definition) is 0. The first-order valence-corrected chi connectivity index (χ1v) is 11.2. The van der Waals surface area contributed by atoms with Crippen LogP contribution < -0.4 is 0 Å².